The molecule has 162 valence electrons. The highest BCUT2D eigenvalue weighted by Crippen LogP contribution is 2.26. The van der Waals surface area contributed by atoms with Crippen molar-refractivity contribution in [3.8, 4) is 17.0 Å². The molecule has 0 bridgehead atoms. The van der Waals surface area contributed by atoms with Crippen LogP contribution >= 0.6 is 0 Å². The molecular weight excluding hydrogens is 416 g/mol. The fourth-order valence-corrected chi connectivity index (χ4v) is 4.55. The number of methoxy groups -OCH3 is 1. The van der Waals surface area contributed by atoms with Gasteiger partial charge in [0, 0.05) is 24.3 Å². The third-order valence-electron chi connectivity index (χ3n) is 5.07. The van der Waals surface area contributed by atoms with Crippen LogP contribution in [0.3, 0.4) is 0 Å². The van der Waals surface area contributed by atoms with Crippen molar-refractivity contribution in [1.29, 1.82) is 0 Å². The van der Waals surface area contributed by atoms with E-state index in [0.717, 1.165) is 30.0 Å². The van der Waals surface area contributed by atoms with E-state index in [9.17, 15) is 8.42 Å². The summed E-state index contributed by atoms with van der Waals surface area (Å²) in [5.41, 5.74) is 2.63. The molecule has 0 radical (unpaired) electrons. The van der Waals surface area contributed by atoms with E-state index in [-0.39, 0.29) is 4.90 Å². The molecule has 0 amide bonds. The van der Waals surface area contributed by atoms with Crippen molar-refractivity contribution in [1.82, 2.24) is 10.2 Å². The van der Waals surface area contributed by atoms with Gasteiger partial charge in [0.2, 0.25) is 0 Å². The lowest BCUT2D eigenvalue weighted by Gasteiger charge is -2.27. The molecule has 1 aromatic heterocycles. The molecule has 1 aliphatic rings. The normalized spacial score (nSPS) is 14.3. The molecular formula is C22H24N4O4S. The van der Waals surface area contributed by atoms with Gasteiger partial charge in [0.05, 0.1) is 30.9 Å². The zero-order valence-electron chi connectivity index (χ0n) is 17.4. The van der Waals surface area contributed by atoms with Crippen molar-refractivity contribution in [2.45, 2.75) is 11.8 Å². The first kappa shape index (κ1) is 21.1. The molecule has 8 nitrogen and oxygen atoms in total. The minimum Gasteiger partial charge on any atom is -0.496 e. The van der Waals surface area contributed by atoms with Gasteiger partial charge in [0.25, 0.3) is 10.0 Å². The van der Waals surface area contributed by atoms with Crippen LogP contribution in [0.25, 0.3) is 11.3 Å². The Morgan fingerprint density at radius 1 is 1.03 bits per heavy atom. The fraction of sp³-hybridized carbons (Fsp3) is 0.273. The third kappa shape index (κ3) is 4.78. The summed E-state index contributed by atoms with van der Waals surface area (Å²) < 4.78 is 38.9. The Morgan fingerprint density at radius 2 is 1.84 bits per heavy atom. The van der Waals surface area contributed by atoms with Gasteiger partial charge >= 0.3 is 0 Å². The van der Waals surface area contributed by atoms with Crippen molar-refractivity contribution >= 4 is 21.5 Å². The fourth-order valence-electron chi connectivity index (χ4n) is 3.41. The summed E-state index contributed by atoms with van der Waals surface area (Å²) in [6.45, 7) is 4.74. The van der Waals surface area contributed by atoms with Gasteiger partial charge in [-0.25, -0.2) is 8.42 Å². The number of morpholine rings is 1. The first-order valence-electron chi connectivity index (χ1n) is 9.90. The summed E-state index contributed by atoms with van der Waals surface area (Å²) in [6.07, 6.45) is 0. The Morgan fingerprint density at radius 3 is 2.52 bits per heavy atom. The number of nitrogens with zero attached hydrogens (tertiary/aromatic N) is 3. The van der Waals surface area contributed by atoms with Gasteiger partial charge in [0.1, 0.15) is 5.75 Å². The number of aromatic nitrogens is 2. The molecule has 0 atom stereocenters. The van der Waals surface area contributed by atoms with Gasteiger partial charge in [-0.3, -0.25) is 4.72 Å². The lowest BCUT2D eigenvalue weighted by molar-refractivity contribution is 0.122. The van der Waals surface area contributed by atoms with Crippen LogP contribution in [0.5, 0.6) is 5.75 Å². The molecule has 0 aliphatic carbocycles. The van der Waals surface area contributed by atoms with Crippen LogP contribution in [0, 0.1) is 6.92 Å². The molecule has 2 heterocycles. The first-order chi connectivity index (χ1) is 15.0. The lowest BCUT2D eigenvalue weighted by atomic mass is 10.1. The van der Waals surface area contributed by atoms with E-state index in [0.29, 0.717) is 30.3 Å². The second kappa shape index (κ2) is 8.91. The smallest absolute Gasteiger partial charge is 0.261 e. The SMILES string of the molecule is COc1ccc(S(=O)(=O)Nc2cccc(-c3ccc(N4CCOCC4)nn3)c2)cc1C. The van der Waals surface area contributed by atoms with E-state index in [1.165, 1.54) is 6.07 Å². The summed E-state index contributed by atoms with van der Waals surface area (Å²) >= 11 is 0. The van der Waals surface area contributed by atoms with Crippen molar-refractivity contribution < 1.29 is 17.9 Å². The number of anilines is 2. The monoisotopic (exact) mass is 440 g/mol. The van der Waals surface area contributed by atoms with Gasteiger partial charge in [-0.1, -0.05) is 12.1 Å². The zero-order valence-corrected chi connectivity index (χ0v) is 18.2. The molecule has 1 N–H and O–H groups in total. The second-order valence-corrected chi connectivity index (χ2v) is 8.88. The number of hydrogen-bond acceptors (Lipinski definition) is 7. The molecule has 3 aromatic rings. The summed E-state index contributed by atoms with van der Waals surface area (Å²) in [7, 11) is -2.19. The van der Waals surface area contributed by atoms with Crippen LogP contribution in [0.15, 0.2) is 59.5 Å². The van der Waals surface area contributed by atoms with E-state index in [1.807, 2.05) is 18.2 Å². The minimum absolute atomic E-state index is 0.172. The van der Waals surface area contributed by atoms with Crippen LogP contribution in [-0.2, 0) is 14.8 Å². The Kier molecular flexibility index (Phi) is 6.06. The predicted octanol–water partition coefficient (Wildman–Crippen LogP) is 3.10. The van der Waals surface area contributed by atoms with Crippen LogP contribution in [0.2, 0.25) is 0 Å². The second-order valence-electron chi connectivity index (χ2n) is 7.19. The molecule has 9 heteroatoms. The summed E-state index contributed by atoms with van der Waals surface area (Å²) in [5, 5.41) is 8.65. The summed E-state index contributed by atoms with van der Waals surface area (Å²) in [4.78, 5) is 2.30. The molecule has 1 fully saturated rings. The van der Waals surface area contributed by atoms with Crippen molar-refractivity contribution in [2.75, 3.05) is 43.0 Å². The highest BCUT2D eigenvalue weighted by Gasteiger charge is 2.17. The van der Waals surface area contributed by atoms with E-state index >= 15 is 0 Å². The average molecular weight is 441 g/mol. The number of aryl methyl sites for hydroxylation is 1. The topological polar surface area (TPSA) is 93.7 Å². The Hall–Kier alpha value is -3.17. The molecule has 31 heavy (non-hydrogen) atoms. The van der Waals surface area contributed by atoms with Crippen molar-refractivity contribution in [3.05, 3.63) is 60.2 Å². The molecule has 2 aromatic carbocycles. The van der Waals surface area contributed by atoms with Crippen molar-refractivity contribution in [2.24, 2.45) is 0 Å². The van der Waals surface area contributed by atoms with Crippen molar-refractivity contribution in [3.63, 3.8) is 0 Å². The van der Waals surface area contributed by atoms with Gasteiger partial charge in [-0.2, -0.15) is 0 Å². The maximum absolute atomic E-state index is 12.8. The zero-order chi connectivity index (χ0) is 21.8. The Bertz CT molecular complexity index is 1160. The highest BCUT2D eigenvalue weighted by molar-refractivity contribution is 7.92. The van der Waals surface area contributed by atoms with Gasteiger partial charge in [0.15, 0.2) is 5.82 Å². The number of benzene rings is 2. The van der Waals surface area contributed by atoms with E-state index in [4.69, 9.17) is 9.47 Å². The first-order valence-corrected chi connectivity index (χ1v) is 11.4. The van der Waals surface area contributed by atoms with Gasteiger partial charge < -0.3 is 14.4 Å². The molecule has 0 unspecified atom stereocenters. The molecule has 1 saturated heterocycles. The van der Waals surface area contributed by atoms with E-state index < -0.39 is 10.0 Å². The molecule has 4 rings (SSSR count). The predicted molar refractivity (Wildman–Crippen MR) is 119 cm³/mol. The van der Waals surface area contributed by atoms with Crippen LogP contribution in [0.4, 0.5) is 11.5 Å². The molecule has 0 saturated carbocycles. The average Bonchev–Trinajstić information content (AvgIpc) is 2.79. The van der Waals surface area contributed by atoms with Crippen LogP contribution in [0.1, 0.15) is 5.56 Å². The number of hydrogen-bond donors (Lipinski definition) is 1. The lowest BCUT2D eigenvalue weighted by Crippen LogP contribution is -2.36. The number of rotatable bonds is 6. The van der Waals surface area contributed by atoms with Gasteiger partial charge in [-0.05, 0) is 55.0 Å². The standard InChI is InChI=1S/C22H24N4O4S/c1-16-14-19(6-8-21(16)29-2)31(27,28)25-18-5-3-4-17(15-18)20-7-9-22(24-23-20)26-10-12-30-13-11-26/h3-9,14-15,25H,10-13H2,1-2H3. The Labute approximate surface area is 181 Å². The van der Waals surface area contributed by atoms with E-state index in [1.54, 1.807) is 44.4 Å². The quantitative estimate of drug-likeness (QED) is 0.629. The largest absolute Gasteiger partial charge is 0.496 e. The number of sulfonamides is 1. The maximum atomic E-state index is 12.8. The number of nitrogens with one attached hydrogen (secondary N) is 1. The van der Waals surface area contributed by atoms with Gasteiger partial charge in [-0.15, -0.1) is 10.2 Å². The summed E-state index contributed by atoms with van der Waals surface area (Å²) in [6, 6.07) is 15.7. The van der Waals surface area contributed by atoms with E-state index in [2.05, 4.69) is 19.8 Å². The maximum Gasteiger partial charge on any atom is 0.261 e. The van der Waals surface area contributed by atoms with Crippen LogP contribution in [-0.4, -0.2) is 52.0 Å². The minimum atomic E-state index is -3.74. The highest BCUT2D eigenvalue weighted by atomic mass is 32.2. The molecule has 1 aliphatic heterocycles. The summed E-state index contributed by atoms with van der Waals surface area (Å²) in [5.74, 6) is 1.44. The Balaban J connectivity index is 1.53. The molecule has 0 spiro atoms. The number of ether oxygens (including phenoxy) is 2. The van der Waals surface area contributed by atoms with Crippen LogP contribution < -0.4 is 14.4 Å². The third-order valence-corrected chi connectivity index (χ3v) is 6.45.